The molecule has 0 fully saturated rings. The van der Waals surface area contributed by atoms with Crippen LogP contribution in [0.3, 0.4) is 0 Å². The molecule has 0 amide bonds. The Kier molecular flexibility index (Phi) is 6.57. The van der Waals surface area contributed by atoms with Crippen LogP contribution in [-0.4, -0.2) is 9.13 Å². The fourth-order valence-corrected chi connectivity index (χ4v) is 7.85. The molecule has 1 aliphatic rings. The fraction of sp³-hybridized carbons (Fsp3) is 0.0667. The van der Waals surface area contributed by atoms with Crippen molar-refractivity contribution in [2.75, 3.05) is 0 Å². The quantitative estimate of drug-likeness (QED) is 0.195. The van der Waals surface area contributed by atoms with Gasteiger partial charge in [0.05, 0.1) is 45.1 Å². The molecule has 4 heteroatoms. The van der Waals surface area contributed by atoms with Crippen LogP contribution >= 0.6 is 0 Å². The molecule has 0 saturated carbocycles. The van der Waals surface area contributed by atoms with Crippen molar-refractivity contribution in [3.63, 3.8) is 0 Å². The van der Waals surface area contributed by atoms with Gasteiger partial charge in [-0.2, -0.15) is 10.5 Å². The molecule has 2 heterocycles. The zero-order chi connectivity index (χ0) is 33.1. The number of hydrogen-bond donors (Lipinski definition) is 0. The van der Waals surface area contributed by atoms with Crippen molar-refractivity contribution in [2.45, 2.75) is 19.3 Å². The van der Waals surface area contributed by atoms with E-state index < -0.39 is 0 Å². The molecule has 0 aliphatic heterocycles. The number of aromatic nitrogens is 2. The largest absolute Gasteiger partial charge is 0.312 e. The molecule has 1 atom stereocenters. The maximum Gasteiger partial charge on any atom is 0.101 e. The molecule has 9 rings (SSSR count). The van der Waals surface area contributed by atoms with Crippen LogP contribution in [0.15, 0.2) is 140 Å². The Morgan fingerprint density at radius 3 is 2.00 bits per heavy atom. The van der Waals surface area contributed by atoms with Gasteiger partial charge in [0.1, 0.15) is 6.07 Å². The van der Waals surface area contributed by atoms with Gasteiger partial charge in [0.15, 0.2) is 0 Å². The standard InChI is InChI=1S/C45H30N4/c1-29-11-8-18-38-44-34(28-47)14-10-22-42(44)49(45(29)38)39-19-5-2-15-35(39)32-13-9-12-30(25-32)31-23-24-33(27-46)43(26-31)48-40-20-6-3-16-36(40)37-17-4-7-21-41(37)48/h2-10,12-26,29H,11H2,1H3. The third kappa shape index (κ3) is 4.36. The Balaban J connectivity index is 1.23. The maximum absolute atomic E-state index is 10.3. The van der Waals surface area contributed by atoms with E-state index in [1.54, 1.807) is 0 Å². The highest BCUT2D eigenvalue weighted by Crippen LogP contribution is 2.43. The molecule has 8 aromatic rings. The van der Waals surface area contributed by atoms with Gasteiger partial charge in [-0.05, 0) is 71.6 Å². The summed E-state index contributed by atoms with van der Waals surface area (Å²) in [5.41, 5.74) is 13.2. The van der Waals surface area contributed by atoms with E-state index in [0.717, 1.165) is 78.3 Å². The van der Waals surface area contributed by atoms with Crippen molar-refractivity contribution < 1.29 is 0 Å². The molecule has 0 N–H and O–H groups in total. The Labute approximate surface area is 284 Å². The van der Waals surface area contributed by atoms with E-state index in [2.05, 4.69) is 150 Å². The second-order valence-electron chi connectivity index (χ2n) is 12.8. The van der Waals surface area contributed by atoms with Crippen LogP contribution in [0.2, 0.25) is 0 Å². The van der Waals surface area contributed by atoms with Crippen molar-refractivity contribution in [1.82, 2.24) is 9.13 Å². The van der Waals surface area contributed by atoms with Crippen LogP contribution in [0, 0.1) is 22.7 Å². The van der Waals surface area contributed by atoms with Gasteiger partial charge in [-0.1, -0.05) is 104 Å². The van der Waals surface area contributed by atoms with Gasteiger partial charge in [-0.3, -0.25) is 0 Å². The lowest BCUT2D eigenvalue weighted by Gasteiger charge is -2.21. The summed E-state index contributed by atoms with van der Waals surface area (Å²) in [6.45, 7) is 2.27. The van der Waals surface area contributed by atoms with Crippen LogP contribution < -0.4 is 0 Å². The molecule has 1 unspecified atom stereocenters. The van der Waals surface area contributed by atoms with Crippen LogP contribution in [0.1, 0.15) is 41.6 Å². The minimum atomic E-state index is 0.302. The van der Waals surface area contributed by atoms with E-state index in [9.17, 15) is 10.5 Å². The van der Waals surface area contributed by atoms with Crippen LogP contribution in [0.5, 0.6) is 0 Å². The topological polar surface area (TPSA) is 57.4 Å². The van der Waals surface area contributed by atoms with E-state index in [-0.39, 0.29) is 0 Å². The Bertz CT molecular complexity index is 2690. The fourth-order valence-electron chi connectivity index (χ4n) is 7.85. The SMILES string of the molecule is CC1CC=Cc2c1n(-c1ccccc1-c1cccc(-c3ccc(C#N)c(-n4c5ccccc5c5ccccc54)c3)c1)c1cccc(C#N)c21. The van der Waals surface area contributed by atoms with Crippen molar-refractivity contribution in [2.24, 2.45) is 0 Å². The lowest BCUT2D eigenvalue weighted by molar-refractivity contribution is 0.724. The summed E-state index contributed by atoms with van der Waals surface area (Å²) in [6, 6.07) is 51.1. The molecule has 4 nitrogen and oxygen atoms in total. The number of hydrogen-bond acceptors (Lipinski definition) is 2. The van der Waals surface area contributed by atoms with E-state index >= 15 is 0 Å². The van der Waals surface area contributed by atoms with E-state index in [0.29, 0.717) is 17.0 Å². The number of nitriles is 2. The minimum absolute atomic E-state index is 0.302. The Morgan fingerprint density at radius 1 is 0.571 bits per heavy atom. The number of allylic oxidation sites excluding steroid dienone is 1. The molecule has 230 valence electrons. The van der Waals surface area contributed by atoms with Crippen LogP contribution in [-0.2, 0) is 0 Å². The van der Waals surface area contributed by atoms with Crippen molar-refractivity contribution >= 4 is 38.8 Å². The van der Waals surface area contributed by atoms with Crippen molar-refractivity contribution in [3.8, 4) is 45.8 Å². The van der Waals surface area contributed by atoms with Gasteiger partial charge >= 0.3 is 0 Å². The first kappa shape index (κ1) is 28.6. The molecule has 49 heavy (non-hydrogen) atoms. The molecule has 2 aromatic heterocycles. The Hall–Kier alpha value is -6.62. The number of benzene rings is 6. The highest BCUT2D eigenvalue weighted by molar-refractivity contribution is 6.09. The summed E-state index contributed by atoms with van der Waals surface area (Å²) < 4.78 is 4.60. The summed E-state index contributed by atoms with van der Waals surface area (Å²) in [7, 11) is 0. The summed E-state index contributed by atoms with van der Waals surface area (Å²) in [4.78, 5) is 0. The molecule has 1 aliphatic carbocycles. The lowest BCUT2D eigenvalue weighted by Crippen LogP contribution is -2.08. The number of rotatable bonds is 4. The van der Waals surface area contributed by atoms with Crippen molar-refractivity contribution in [1.29, 1.82) is 10.5 Å². The molecule has 0 spiro atoms. The third-order valence-electron chi connectivity index (χ3n) is 10.0. The second-order valence-corrected chi connectivity index (χ2v) is 12.8. The first-order valence-electron chi connectivity index (χ1n) is 16.6. The summed E-state index contributed by atoms with van der Waals surface area (Å²) in [6.07, 6.45) is 5.37. The normalized spacial score (nSPS) is 13.8. The predicted molar refractivity (Wildman–Crippen MR) is 200 cm³/mol. The highest BCUT2D eigenvalue weighted by atomic mass is 15.0. The molecule has 0 bridgehead atoms. The number of nitrogens with zero attached hydrogens (tertiary/aromatic N) is 4. The zero-order valence-corrected chi connectivity index (χ0v) is 26.9. The highest BCUT2D eigenvalue weighted by Gasteiger charge is 2.26. The molecular weight excluding hydrogens is 597 g/mol. The smallest absolute Gasteiger partial charge is 0.101 e. The summed E-state index contributed by atoms with van der Waals surface area (Å²) in [5, 5.41) is 23.7. The van der Waals surface area contributed by atoms with Crippen molar-refractivity contribution in [3.05, 3.63) is 162 Å². The van der Waals surface area contributed by atoms with Gasteiger partial charge in [-0.25, -0.2) is 0 Å². The first-order valence-corrected chi connectivity index (χ1v) is 16.6. The van der Waals surface area contributed by atoms with E-state index in [1.165, 1.54) is 5.69 Å². The molecule has 6 aromatic carbocycles. The van der Waals surface area contributed by atoms with Gasteiger partial charge < -0.3 is 9.13 Å². The molecular formula is C45H30N4. The average molecular weight is 627 g/mol. The third-order valence-corrected chi connectivity index (χ3v) is 10.0. The summed E-state index contributed by atoms with van der Waals surface area (Å²) in [5.74, 6) is 0.302. The first-order chi connectivity index (χ1) is 24.2. The minimum Gasteiger partial charge on any atom is -0.312 e. The predicted octanol–water partition coefficient (Wildman–Crippen LogP) is 11.3. The van der Waals surface area contributed by atoms with Gasteiger partial charge in [-0.15, -0.1) is 0 Å². The number of fused-ring (bicyclic) bond motifs is 6. The van der Waals surface area contributed by atoms with Gasteiger partial charge in [0.2, 0.25) is 0 Å². The molecule has 0 radical (unpaired) electrons. The Morgan fingerprint density at radius 2 is 1.22 bits per heavy atom. The van der Waals surface area contributed by atoms with Gasteiger partial charge in [0, 0.05) is 38.9 Å². The number of para-hydroxylation sites is 3. The zero-order valence-electron chi connectivity index (χ0n) is 26.9. The maximum atomic E-state index is 10.3. The monoisotopic (exact) mass is 626 g/mol. The average Bonchev–Trinajstić information content (AvgIpc) is 3.68. The van der Waals surface area contributed by atoms with Crippen LogP contribution in [0.25, 0.3) is 72.4 Å². The van der Waals surface area contributed by atoms with E-state index in [4.69, 9.17) is 0 Å². The second kappa shape index (κ2) is 11.3. The van der Waals surface area contributed by atoms with E-state index in [1.807, 2.05) is 24.3 Å². The molecule has 0 saturated heterocycles. The lowest BCUT2D eigenvalue weighted by atomic mass is 9.92. The van der Waals surface area contributed by atoms with Crippen LogP contribution in [0.4, 0.5) is 0 Å². The summed E-state index contributed by atoms with van der Waals surface area (Å²) >= 11 is 0. The van der Waals surface area contributed by atoms with Gasteiger partial charge in [0.25, 0.3) is 0 Å².